The molecular formula is C19H28FN5O. The summed E-state index contributed by atoms with van der Waals surface area (Å²) in [5.41, 5.74) is 1.63. The molecule has 0 atom stereocenters. The van der Waals surface area contributed by atoms with Gasteiger partial charge in [0.1, 0.15) is 12.4 Å². The minimum Gasteiger partial charge on any atom is -0.361 e. The van der Waals surface area contributed by atoms with E-state index in [1.165, 1.54) is 12.1 Å². The van der Waals surface area contributed by atoms with Gasteiger partial charge in [0.05, 0.1) is 0 Å². The van der Waals surface area contributed by atoms with Crippen LogP contribution >= 0.6 is 0 Å². The van der Waals surface area contributed by atoms with Crippen molar-refractivity contribution in [2.75, 3.05) is 19.6 Å². The minimum absolute atomic E-state index is 0.0684. The molecule has 0 aliphatic carbocycles. The van der Waals surface area contributed by atoms with Gasteiger partial charge < -0.3 is 20.9 Å². The molecule has 0 saturated heterocycles. The summed E-state index contributed by atoms with van der Waals surface area (Å²) in [5.74, 6) is 0.231. The lowest BCUT2D eigenvalue weighted by atomic mass is 10.1. The molecule has 26 heavy (non-hydrogen) atoms. The Morgan fingerprint density at radius 3 is 2.73 bits per heavy atom. The SMILES string of the molecule is CCNC(=NCC(=O)NC(C)(C)C)NCCc1c[nH]c2cc(F)ccc12. The third kappa shape index (κ3) is 6.06. The molecule has 0 radical (unpaired) electrons. The zero-order chi connectivity index (χ0) is 19.2. The molecule has 1 aromatic heterocycles. The highest BCUT2D eigenvalue weighted by Crippen LogP contribution is 2.19. The predicted molar refractivity (Wildman–Crippen MR) is 104 cm³/mol. The minimum atomic E-state index is -0.271. The fraction of sp³-hybridized carbons (Fsp3) is 0.474. The first-order valence-corrected chi connectivity index (χ1v) is 8.87. The number of carbonyl (C=O) groups excluding carboxylic acids is 1. The number of amides is 1. The molecule has 7 heteroatoms. The van der Waals surface area contributed by atoms with Gasteiger partial charge in [0.2, 0.25) is 5.91 Å². The quantitative estimate of drug-likeness (QED) is 0.471. The molecule has 0 bridgehead atoms. The van der Waals surface area contributed by atoms with Gasteiger partial charge in [-0.25, -0.2) is 9.38 Å². The lowest BCUT2D eigenvalue weighted by molar-refractivity contribution is -0.121. The molecule has 0 spiro atoms. The number of nitrogens with zero attached hydrogens (tertiary/aromatic N) is 1. The van der Waals surface area contributed by atoms with Gasteiger partial charge in [0.25, 0.3) is 0 Å². The average Bonchev–Trinajstić information content (AvgIpc) is 2.93. The van der Waals surface area contributed by atoms with Crippen molar-refractivity contribution in [2.24, 2.45) is 4.99 Å². The van der Waals surface area contributed by atoms with Gasteiger partial charge in [-0.3, -0.25) is 4.79 Å². The maximum absolute atomic E-state index is 13.3. The second kappa shape index (κ2) is 8.69. The topological polar surface area (TPSA) is 81.3 Å². The van der Waals surface area contributed by atoms with Gasteiger partial charge in [0, 0.05) is 35.7 Å². The van der Waals surface area contributed by atoms with Crippen molar-refractivity contribution < 1.29 is 9.18 Å². The second-order valence-corrected chi connectivity index (χ2v) is 7.17. The van der Waals surface area contributed by atoms with Crippen LogP contribution in [-0.2, 0) is 11.2 Å². The maximum atomic E-state index is 13.3. The van der Waals surface area contributed by atoms with Gasteiger partial charge in [-0.05, 0) is 57.9 Å². The Hall–Kier alpha value is -2.57. The van der Waals surface area contributed by atoms with Gasteiger partial charge in [-0.15, -0.1) is 0 Å². The Balaban J connectivity index is 1.91. The molecule has 0 aliphatic rings. The number of carbonyl (C=O) groups is 1. The summed E-state index contributed by atoms with van der Waals surface area (Å²) in [6.45, 7) is 9.21. The normalized spacial score (nSPS) is 12.3. The van der Waals surface area contributed by atoms with Crippen LogP contribution in [0.25, 0.3) is 10.9 Å². The molecule has 6 nitrogen and oxygen atoms in total. The van der Waals surface area contributed by atoms with E-state index in [0.29, 0.717) is 19.0 Å². The molecule has 142 valence electrons. The molecule has 0 aliphatic heterocycles. The average molecular weight is 361 g/mol. The summed E-state index contributed by atoms with van der Waals surface area (Å²) >= 11 is 0. The largest absolute Gasteiger partial charge is 0.361 e. The molecule has 0 unspecified atom stereocenters. The van der Waals surface area contributed by atoms with E-state index >= 15 is 0 Å². The van der Waals surface area contributed by atoms with Crippen LogP contribution in [0.15, 0.2) is 29.4 Å². The van der Waals surface area contributed by atoms with Crippen LogP contribution in [0.2, 0.25) is 0 Å². The zero-order valence-corrected chi connectivity index (χ0v) is 15.9. The summed E-state index contributed by atoms with van der Waals surface area (Å²) < 4.78 is 13.3. The van der Waals surface area contributed by atoms with E-state index in [1.807, 2.05) is 33.9 Å². The van der Waals surface area contributed by atoms with Crippen molar-refractivity contribution in [3.05, 3.63) is 35.8 Å². The number of benzene rings is 1. The van der Waals surface area contributed by atoms with Crippen LogP contribution in [-0.4, -0.2) is 42.0 Å². The first-order valence-electron chi connectivity index (χ1n) is 8.87. The van der Waals surface area contributed by atoms with Crippen LogP contribution in [0.3, 0.4) is 0 Å². The lowest BCUT2D eigenvalue weighted by Crippen LogP contribution is -2.43. The molecule has 0 saturated carbocycles. The van der Waals surface area contributed by atoms with Crippen molar-refractivity contribution in [2.45, 2.75) is 39.7 Å². The van der Waals surface area contributed by atoms with Crippen molar-refractivity contribution in [1.82, 2.24) is 20.9 Å². The summed E-state index contributed by atoms with van der Waals surface area (Å²) in [6.07, 6.45) is 2.65. The molecule has 1 heterocycles. The number of H-pyrrole nitrogens is 1. The monoisotopic (exact) mass is 361 g/mol. The predicted octanol–water partition coefficient (Wildman–Crippen LogP) is 2.32. The summed E-state index contributed by atoms with van der Waals surface area (Å²) in [7, 11) is 0. The van der Waals surface area contributed by atoms with Crippen molar-refractivity contribution in [3.63, 3.8) is 0 Å². The Bertz CT molecular complexity index is 776. The summed E-state index contributed by atoms with van der Waals surface area (Å²) in [4.78, 5) is 19.3. The molecule has 4 N–H and O–H groups in total. The van der Waals surface area contributed by atoms with Crippen LogP contribution in [0.1, 0.15) is 33.3 Å². The molecule has 2 aromatic rings. The number of hydrogen-bond acceptors (Lipinski definition) is 2. The Morgan fingerprint density at radius 2 is 2.04 bits per heavy atom. The Morgan fingerprint density at radius 1 is 1.27 bits per heavy atom. The van der Waals surface area contributed by atoms with Crippen LogP contribution < -0.4 is 16.0 Å². The highest BCUT2D eigenvalue weighted by Gasteiger charge is 2.13. The number of hydrogen-bond donors (Lipinski definition) is 4. The first-order chi connectivity index (χ1) is 12.3. The number of halogens is 1. The van der Waals surface area contributed by atoms with Gasteiger partial charge in [-0.2, -0.15) is 0 Å². The zero-order valence-electron chi connectivity index (χ0n) is 15.9. The van der Waals surface area contributed by atoms with Crippen molar-refractivity contribution >= 4 is 22.8 Å². The van der Waals surface area contributed by atoms with Crippen LogP contribution in [0.5, 0.6) is 0 Å². The smallest absolute Gasteiger partial charge is 0.242 e. The summed E-state index contributed by atoms with van der Waals surface area (Å²) in [6, 6.07) is 4.74. The van der Waals surface area contributed by atoms with Gasteiger partial charge in [-0.1, -0.05) is 0 Å². The van der Waals surface area contributed by atoms with Crippen molar-refractivity contribution in [1.29, 1.82) is 0 Å². The molecule has 1 amide bonds. The van der Waals surface area contributed by atoms with Crippen LogP contribution in [0, 0.1) is 5.82 Å². The standard InChI is InChI=1S/C19H28FN5O/c1-5-21-18(24-12-17(26)25-19(2,3)4)22-9-8-13-11-23-16-10-14(20)6-7-15(13)16/h6-7,10-11,23H,5,8-9,12H2,1-4H3,(H,25,26)(H2,21,22,24). The lowest BCUT2D eigenvalue weighted by Gasteiger charge is -2.20. The number of rotatable bonds is 6. The number of aliphatic imine (C=N–C) groups is 1. The third-order valence-electron chi connectivity index (χ3n) is 3.66. The molecule has 1 aromatic carbocycles. The molecule has 2 rings (SSSR count). The van der Waals surface area contributed by atoms with Crippen LogP contribution in [0.4, 0.5) is 4.39 Å². The van der Waals surface area contributed by atoms with Crippen molar-refractivity contribution in [3.8, 4) is 0 Å². The van der Waals surface area contributed by atoms with E-state index < -0.39 is 0 Å². The number of guanidine groups is 1. The molecular weight excluding hydrogens is 333 g/mol. The summed E-state index contributed by atoms with van der Waals surface area (Å²) in [5, 5.41) is 10.2. The van der Waals surface area contributed by atoms with Gasteiger partial charge >= 0.3 is 0 Å². The Labute approximate surface area is 153 Å². The van der Waals surface area contributed by atoms with E-state index in [2.05, 4.69) is 25.9 Å². The van der Waals surface area contributed by atoms with E-state index in [0.717, 1.165) is 22.9 Å². The van der Waals surface area contributed by atoms with Gasteiger partial charge in [0.15, 0.2) is 5.96 Å². The fourth-order valence-electron chi connectivity index (χ4n) is 2.63. The molecule has 0 fully saturated rings. The van der Waals surface area contributed by atoms with E-state index in [1.54, 1.807) is 6.07 Å². The number of nitrogens with one attached hydrogen (secondary N) is 4. The first kappa shape index (κ1) is 19.8. The number of aromatic nitrogens is 1. The third-order valence-corrected chi connectivity index (χ3v) is 3.66. The second-order valence-electron chi connectivity index (χ2n) is 7.17. The number of fused-ring (bicyclic) bond motifs is 1. The highest BCUT2D eigenvalue weighted by molar-refractivity contribution is 5.85. The Kier molecular flexibility index (Phi) is 6.60. The highest BCUT2D eigenvalue weighted by atomic mass is 19.1. The number of aromatic amines is 1. The van der Waals surface area contributed by atoms with E-state index in [9.17, 15) is 9.18 Å². The fourth-order valence-corrected chi connectivity index (χ4v) is 2.63. The van der Waals surface area contributed by atoms with E-state index in [4.69, 9.17) is 0 Å². The van der Waals surface area contributed by atoms with E-state index in [-0.39, 0.29) is 23.8 Å². The maximum Gasteiger partial charge on any atom is 0.242 e.